The maximum Gasteiger partial charge on any atom is 0.410 e. The second-order valence-corrected chi connectivity index (χ2v) is 6.90. The lowest BCUT2D eigenvalue weighted by atomic mass is 10.2. The average Bonchev–Trinajstić information content (AvgIpc) is 2.56. The van der Waals surface area contributed by atoms with Gasteiger partial charge in [-0.15, -0.1) is 0 Å². The van der Waals surface area contributed by atoms with Gasteiger partial charge < -0.3 is 20.3 Å². The van der Waals surface area contributed by atoms with Gasteiger partial charge in [-0.3, -0.25) is 9.98 Å². The van der Waals surface area contributed by atoms with E-state index in [1.54, 1.807) is 25.2 Å². The Hall–Kier alpha value is -2.31. The quantitative estimate of drug-likeness (QED) is 0.609. The summed E-state index contributed by atoms with van der Waals surface area (Å²) in [6.45, 7) is 8.88. The Labute approximate surface area is 150 Å². The standard InChI is InChI=1S/C18H31N5O2/c1-14(23(6)17(24)25-18(2,3)4)10-12-21-16(19-5)22-13-15-9-7-8-11-20-15/h7-9,11,14H,10,12-13H2,1-6H3,(H2,19,21,22). The van der Waals surface area contributed by atoms with E-state index in [4.69, 9.17) is 4.74 Å². The van der Waals surface area contributed by atoms with Crippen LogP contribution < -0.4 is 10.6 Å². The molecule has 0 fully saturated rings. The third-order valence-corrected chi connectivity index (χ3v) is 3.58. The van der Waals surface area contributed by atoms with E-state index < -0.39 is 5.60 Å². The number of amides is 1. The topological polar surface area (TPSA) is 78.9 Å². The number of carbonyl (C=O) groups excluding carboxylic acids is 1. The van der Waals surface area contributed by atoms with Crippen molar-refractivity contribution in [3.8, 4) is 0 Å². The number of carbonyl (C=O) groups is 1. The van der Waals surface area contributed by atoms with Gasteiger partial charge in [-0.1, -0.05) is 6.07 Å². The van der Waals surface area contributed by atoms with Gasteiger partial charge in [0.25, 0.3) is 0 Å². The molecule has 140 valence electrons. The molecular formula is C18H31N5O2. The molecular weight excluding hydrogens is 318 g/mol. The van der Waals surface area contributed by atoms with Gasteiger partial charge in [0.15, 0.2) is 5.96 Å². The number of nitrogens with one attached hydrogen (secondary N) is 2. The van der Waals surface area contributed by atoms with E-state index in [9.17, 15) is 4.79 Å². The van der Waals surface area contributed by atoms with Crippen LogP contribution >= 0.6 is 0 Å². The average molecular weight is 349 g/mol. The molecule has 0 aliphatic rings. The van der Waals surface area contributed by atoms with E-state index in [2.05, 4.69) is 20.6 Å². The Balaban J connectivity index is 2.35. The van der Waals surface area contributed by atoms with Crippen LogP contribution in [0.1, 0.15) is 39.8 Å². The molecule has 1 rings (SSSR count). The molecule has 0 radical (unpaired) electrons. The molecule has 1 atom stereocenters. The fourth-order valence-corrected chi connectivity index (χ4v) is 2.00. The molecule has 1 aromatic rings. The molecule has 7 nitrogen and oxygen atoms in total. The zero-order valence-electron chi connectivity index (χ0n) is 16.2. The first-order chi connectivity index (χ1) is 11.7. The van der Waals surface area contributed by atoms with Crippen molar-refractivity contribution >= 4 is 12.1 Å². The van der Waals surface area contributed by atoms with E-state index >= 15 is 0 Å². The van der Waals surface area contributed by atoms with Gasteiger partial charge in [0.05, 0.1) is 12.2 Å². The highest BCUT2D eigenvalue weighted by Gasteiger charge is 2.22. The molecule has 0 saturated heterocycles. The summed E-state index contributed by atoms with van der Waals surface area (Å²) >= 11 is 0. The third-order valence-electron chi connectivity index (χ3n) is 3.58. The highest BCUT2D eigenvalue weighted by molar-refractivity contribution is 5.79. The van der Waals surface area contributed by atoms with Crippen molar-refractivity contribution in [1.82, 2.24) is 20.5 Å². The number of rotatable bonds is 6. The van der Waals surface area contributed by atoms with Crippen LogP contribution in [-0.4, -0.2) is 54.2 Å². The summed E-state index contributed by atoms with van der Waals surface area (Å²) in [7, 11) is 3.48. The van der Waals surface area contributed by atoms with Gasteiger partial charge in [-0.25, -0.2) is 4.79 Å². The van der Waals surface area contributed by atoms with Crippen LogP contribution in [0.25, 0.3) is 0 Å². The Bertz CT molecular complexity index is 554. The SMILES string of the molecule is CN=C(NCCC(C)N(C)C(=O)OC(C)(C)C)NCc1ccccn1. The van der Waals surface area contributed by atoms with Crippen molar-refractivity contribution in [2.24, 2.45) is 4.99 Å². The largest absolute Gasteiger partial charge is 0.444 e. The van der Waals surface area contributed by atoms with Crippen molar-refractivity contribution in [2.45, 2.75) is 52.3 Å². The molecule has 7 heteroatoms. The molecule has 1 unspecified atom stereocenters. The van der Waals surface area contributed by atoms with Crippen molar-refractivity contribution in [3.05, 3.63) is 30.1 Å². The van der Waals surface area contributed by atoms with Crippen LogP contribution in [0.2, 0.25) is 0 Å². The first-order valence-electron chi connectivity index (χ1n) is 8.53. The van der Waals surface area contributed by atoms with E-state index in [-0.39, 0.29) is 12.1 Å². The van der Waals surface area contributed by atoms with Crippen molar-refractivity contribution in [1.29, 1.82) is 0 Å². The lowest BCUT2D eigenvalue weighted by Crippen LogP contribution is -2.42. The third kappa shape index (κ3) is 8.37. The van der Waals surface area contributed by atoms with E-state index in [1.165, 1.54) is 0 Å². The van der Waals surface area contributed by atoms with E-state index in [0.717, 1.165) is 12.1 Å². The summed E-state index contributed by atoms with van der Waals surface area (Å²) in [4.78, 5) is 22.1. The van der Waals surface area contributed by atoms with Crippen LogP contribution in [0.15, 0.2) is 29.4 Å². The lowest BCUT2D eigenvalue weighted by Gasteiger charge is -2.28. The fourth-order valence-electron chi connectivity index (χ4n) is 2.00. The van der Waals surface area contributed by atoms with Gasteiger partial charge in [0.2, 0.25) is 0 Å². The molecule has 0 aromatic carbocycles. The Morgan fingerprint density at radius 3 is 2.64 bits per heavy atom. The molecule has 1 heterocycles. The molecule has 25 heavy (non-hydrogen) atoms. The summed E-state index contributed by atoms with van der Waals surface area (Å²) in [5.74, 6) is 0.706. The number of pyridine rings is 1. The van der Waals surface area contributed by atoms with Crippen LogP contribution in [-0.2, 0) is 11.3 Å². The predicted octanol–water partition coefficient (Wildman–Crippen LogP) is 2.39. The molecule has 1 aromatic heterocycles. The summed E-state index contributed by atoms with van der Waals surface area (Å²) in [6, 6.07) is 5.85. The van der Waals surface area contributed by atoms with Crippen molar-refractivity contribution < 1.29 is 9.53 Å². The molecule has 0 saturated carbocycles. The van der Waals surface area contributed by atoms with Gasteiger partial charge in [-0.05, 0) is 46.2 Å². The maximum absolute atomic E-state index is 12.1. The minimum Gasteiger partial charge on any atom is -0.444 e. The lowest BCUT2D eigenvalue weighted by molar-refractivity contribution is 0.0230. The Morgan fingerprint density at radius 1 is 1.36 bits per heavy atom. The van der Waals surface area contributed by atoms with Gasteiger partial charge >= 0.3 is 6.09 Å². The molecule has 0 spiro atoms. The number of nitrogens with zero attached hydrogens (tertiary/aromatic N) is 3. The molecule has 0 bridgehead atoms. The fraction of sp³-hybridized carbons (Fsp3) is 0.611. The molecule has 1 amide bonds. The van der Waals surface area contributed by atoms with Crippen LogP contribution in [0.5, 0.6) is 0 Å². The monoisotopic (exact) mass is 349 g/mol. The first-order valence-corrected chi connectivity index (χ1v) is 8.53. The zero-order valence-corrected chi connectivity index (χ0v) is 16.2. The van der Waals surface area contributed by atoms with Crippen LogP contribution in [0.3, 0.4) is 0 Å². The maximum atomic E-state index is 12.1. The number of aromatic nitrogens is 1. The first kappa shape index (κ1) is 20.7. The summed E-state index contributed by atoms with van der Waals surface area (Å²) in [5, 5.41) is 6.46. The van der Waals surface area contributed by atoms with Gasteiger partial charge in [0.1, 0.15) is 5.60 Å². The smallest absolute Gasteiger partial charge is 0.410 e. The van der Waals surface area contributed by atoms with Crippen molar-refractivity contribution in [3.63, 3.8) is 0 Å². The van der Waals surface area contributed by atoms with Crippen LogP contribution in [0.4, 0.5) is 4.79 Å². The van der Waals surface area contributed by atoms with Gasteiger partial charge in [0, 0.05) is 32.9 Å². The summed E-state index contributed by atoms with van der Waals surface area (Å²) in [5.41, 5.74) is 0.462. The number of hydrogen-bond acceptors (Lipinski definition) is 4. The Morgan fingerprint density at radius 2 is 2.08 bits per heavy atom. The van der Waals surface area contributed by atoms with E-state index in [0.29, 0.717) is 19.0 Å². The zero-order chi connectivity index (χ0) is 18.9. The Kier molecular flexibility index (Phi) is 8.18. The predicted molar refractivity (Wildman–Crippen MR) is 101 cm³/mol. The summed E-state index contributed by atoms with van der Waals surface area (Å²) < 4.78 is 5.38. The second-order valence-electron chi connectivity index (χ2n) is 6.90. The van der Waals surface area contributed by atoms with Gasteiger partial charge in [-0.2, -0.15) is 0 Å². The number of ether oxygens (including phenoxy) is 1. The van der Waals surface area contributed by atoms with Crippen molar-refractivity contribution in [2.75, 3.05) is 20.6 Å². The highest BCUT2D eigenvalue weighted by Crippen LogP contribution is 2.11. The molecule has 0 aliphatic heterocycles. The minimum absolute atomic E-state index is 0.0521. The number of hydrogen-bond donors (Lipinski definition) is 2. The minimum atomic E-state index is -0.485. The summed E-state index contributed by atoms with van der Waals surface area (Å²) in [6.07, 6.45) is 2.24. The second kappa shape index (κ2) is 9.86. The normalized spacial score (nSPS) is 13.1. The molecule has 0 aliphatic carbocycles. The molecule has 2 N–H and O–H groups in total. The number of aliphatic imine (C=N–C) groups is 1. The van der Waals surface area contributed by atoms with E-state index in [1.807, 2.05) is 45.9 Å². The number of guanidine groups is 1. The van der Waals surface area contributed by atoms with Crippen LogP contribution in [0, 0.1) is 0 Å². The highest BCUT2D eigenvalue weighted by atomic mass is 16.6.